The van der Waals surface area contributed by atoms with Crippen LogP contribution in [0, 0.1) is 22.7 Å². The first kappa shape index (κ1) is 13.3. The Morgan fingerprint density at radius 1 is 1.16 bits per heavy atom. The van der Waals surface area contributed by atoms with Gasteiger partial charge in [0.1, 0.15) is 6.07 Å². The number of nitrogens with zero attached hydrogens (tertiary/aromatic N) is 2. The van der Waals surface area contributed by atoms with Crippen LogP contribution < -0.4 is 5.32 Å². The van der Waals surface area contributed by atoms with Gasteiger partial charge in [0.05, 0.1) is 17.2 Å². The van der Waals surface area contributed by atoms with Crippen molar-refractivity contribution in [1.82, 2.24) is 5.32 Å². The molecule has 2 rings (SSSR count). The van der Waals surface area contributed by atoms with Gasteiger partial charge in [-0.05, 0) is 30.7 Å². The zero-order chi connectivity index (χ0) is 13.7. The molecule has 0 radical (unpaired) electrons. The summed E-state index contributed by atoms with van der Waals surface area (Å²) < 4.78 is 0. The van der Waals surface area contributed by atoms with E-state index in [1.54, 1.807) is 11.3 Å². The summed E-state index contributed by atoms with van der Waals surface area (Å²) in [6, 6.07) is 13.9. The van der Waals surface area contributed by atoms with E-state index in [2.05, 4.69) is 24.4 Å². The van der Waals surface area contributed by atoms with Crippen LogP contribution in [-0.2, 0) is 6.54 Å². The molecule has 1 heterocycles. The molecule has 1 N–H and O–H groups in total. The summed E-state index contributed by atoms with van der Waals surface area (Å²) in [5.74, 6) is 0. The summed E-state index contributed by atoms with van der Waals surface area (Å²) in [5, 5.41) is 22.8. The van der Waals surface area contributed by atoms with Crippen LogP contribution in [0.5, 0.6) is 0 Å². The molecule has 1 aromatic heterocycles. The van der Waals surface area contributed by atoms with Gasteiger partial charge >= 0.3 is 0 Å². The summed E-state index contributed by atoms with van der Waals surface area (Å²) in [7, 11) is 0. The maximum atomic E-state index is 8.77. The molecule has 0 aliphatic carbocycles. The second-order valence-corrected chi connectivity index (χ2v) is 5.25. The largest absolute Gasteiger partial charge is 0.305 e. The first-order valence-corrected chi connectivity index (χ1v) is 6.82. The van der Waals surface area contributed by atoms with Crippen molar-refractivity contribution in [2.24, 2.45) is 0 Å². The fourth-order valence-corrected chi connectivity index (χ4v) is 2.51. The van der Waals surface area contributed by atoms with E-state index in [0.29, 0.717) is 11.1 Å². The number of rotatable bonds is 4. The predicted octanol–water partition coefficient (Wildman–Crippen LogP) is 3.34. The Balaban J connectivity index is 1.95. The zero-order valence-electron chi connectivity index (χ0n) is 10.6. The van der Waals surface area contributed by atoms with Crippen molar-refractivity contribution in [3.8, 4) is 12.1 Å². The Labute approximate surface area is 116 Å². The van der Waals surface area contributed by atoms with E-state index in [1.165, 1.54) is 0 Å². The quantitative estimate of drug-likeness (QED) is 0.924. The van der Waals surface area contributed by atoms with Crippen LogP contribution in [0.25, 0.3) is 0 Å². The van der Waals surface area contributed by atoms with Crippen LogP contribution in [0.2, 0.25) is 0 Å². The van der Waals surface area contributed by atoms with Crippen molar-refractivity contribution in [1.29, 1.82) is 10.5 Å². The van der Waals surface area contributed by atoms with Gasteiger partial charge < -0.3 is 5.32 Å². The van der Waals surface area contributed by atoms with E-state index in [-0.39, 0.29) is 6.04 Å². The minimum absolute atomic E-state index is 0.209. The maximum Gasteiger partial charge on any atom is 0.100 e. The van der Waals surface area contributed by atoms with Gasteiger partial charge in [-0.1, -0.05) is 12.1 Å². The van der Waals surface area contributed by atoms with E-state index < -0.39 is 0 Å². The van der Waals surface area contributed by atoms with Gasteiger partial charge in [0.2, 0.25) is 0 Å². The number of nitriles is 2. The molecule has 0 saturated carbocycles. The molecule has 1 atom stereocenters. The molecule has 4 heteroatoms. The fraction of sp³-hybridized carbons (Fsp3) is 0.200. The molecule has 0 spiro atoms. The summed E-state index contributed by atoms with van der Waals surface area (Å²) in [5.41, 5.74) is 2.54. The van der Waals surface area contributed by atoms with Crippen molar-refractivity contribution in [2.75, 3.05) is 0 Å². The highest BCUT2D eigenvalue weighted by Gasteiger charge is 2.06. The lowest BCUT2D eigenvalue weighted by molar-refractivity contribution is 0.579. The number of nitrogens with one attached hydrogen (secondary N) is 1. The summed E-state index contributed by atoms with van der Waals surface area (Å²) in [6.07, 6.45) is 0. The van der Waals surface area contributed by atoms with Crippen LogP contribution in [0.1, 0.15) is 34.5 Å². The third kappa shape index (κ3) is 3.42. The predicted molar refractivity (Wildman–Crippen MR) is 75.4 cm³/mol. The third-order valence-electron chi connectivity index (χ3n) is 2.91. The van der Waals surface area contributed by atoms with Gasteiger partial charge in [0.25, 0.3) is 0 Å². The van der Waals surface area contributed by atoms with E-state index in [9.17, 15) is 0 Å². The Hall–Kier alpha value is -2.14. The van der Waals surface area contributed by atoms with Gasteiger partial charge in [-0.25, -0.2) is 0 Å². The standard InChI is InChI=1S/C15H13N3S/c1-11(14-4-2-12(7-16)3-5-14)18-9-15-6-13(8-17)10-19-15/h2-6,10-11,18H,9H2,1H3. The lowest BCUT2D eigenvalue weighted by atomic mass is 10.1. The molecule has 3 nitrogen and oxygen atoms in total. The van der Waals surface area contributed by atoms with Crippen LogP contribution in [0.3, 0.4) is 0 Å². The van der Waals surface area contributed by atoms with E-state index >= 15 is 0 Å². The van der Waals surface area contributed by atoms with Crippen LogP contribution in [-0.4, -0.2) is 0 Å². The SMILES string of the molecule is CC(NCc1cc(C#N)cs1)c1ccc(C#N)cc1. The van der Waals surface area contributed by atoms with Crippen molar-refractivity contribution < 1.29 is 0 Å². The molecule has 0 aliphatic rings. The van der Waals surface area contributed by atoms with Crippen molar-refractivity contribution in [3.05, 3.63) is 57.3 Å². The highest BCUT2D eigenvalue weighted by molar-refractivity contribution is 7.10. The van der Waals surface area contributed by atoms with Gasteiger partial charge in [-0.15, -0.1) is 11.3 Å². The normalized spacial score (nSPS) is 11.5. The Morgan fingerprint density at radius 2 is 1.84 bits per heavy atom. The van der Waals surface area contributed by atoms with E-state index in [1.807, 2.05) is 35.7 Å². The average Bonchev–Trinajstić information content (AvgIpc) is 2.93. The average molecular weight is 267 g/mol. The highest BCUT2D eigenvalue weighted by atomic mass is 32.1. The van der Waals surface area contributed by atoms with E-state index in [0.717, 1.165) is 17.0 Å². The fourth-order valence-electron chi connectivity index (χ4n) is 1.75. The van der Waals surface area contributed by atoms with Crippen molar-refractivity contribution >= 4 is 11.3 Å². The summed E-state index contributed by atoms with van der Waals surface area (Å²) in [4.78, 5) is 1.15. The second-order valence-electron chi connectivity index (χ2n) is 4.25. The molecule has 0 fully saturated rings. The van der Waals surface area contributed by atoms with Crippen LogP contribution >= 0.6 is 11.3 Å². The number of hydrogen-bond acceptors (Lipinski definition) is 4. The van der Waals surface area contributed by atoms with Crippen LogP contribution in [0.15, 0.2) is 35.7 Å². The molecular formula is C15H13N3S. The molecule has 0 amide bonds. The summed E-state index contributed by atoms with van der Waals surface area (Å²) >= 11 is 1.59. The zero-order valence-corrected chi connectivity index (χ0v) is 11.4. The van der Waals surface area contributed by atoms with Gasteiger partial charge in [0.15, 0.2) is 0 Å². The topological polar surface area (TPSA) is 59.6 Å². The van der Waals surface area contributed by atoms with Crippen molar-refractivity contribution in [2.45, 2.75) is 19.5 Å². The monoisotopic (exact) mass is 267 g/mol. The Bertz CT molecular complexity index is 629. The molecule has 0 aliphatic heterocycles. The minimum Gasteiger partial charge on any atom is -0.305 e. The van der Waals surface area contributed by atoms with Gasteiger partial charge in [-0.3, -0.25) is 0 Å². The lowest BCUT2D eigenvalue weighted by Gasteiger charge is -2.13. The molecular weight excluding hydrogens is 254 g/mol. The number of benzene rings is 1. The molecule has 1 aromatic carbocycles. The van der Waals surface area contributed by atoms with E-state index in [4.69, 9.17) is 10.5 Å². The highest BCUT2D eigenvalue weighted by Crippen LogP contribution is 2.17. The van der Waals surface area contributed by atoms with Gasteiger partial charge in [0, 0.05) is 22.8 Å². The molecule has 2 aromatic rings. The number of hydrogen-bond donors (Lipinski definition) is 1. The maximum absolute atomic E-state index is 8.77. The Kier molecular flexibility index (Phi) is 4.30. The van der Waals surface area contributed by atoms with Gasteiger partial charge in [-0.2, -0.15) is 10.5 Å². The molecule has 1 unspecified atom stereocenters. The first-order chi connectivity index (χ1) is 9.22. The smallest absolute Gasteiger partial charge is 0.100 e. The molecule has 0 bridgehead atoms. The molecule has 94 valence electrons. The second kappa shape index (κ2) is 6.15. The first-order valence-electron chi connectivity index (χ1n) is 5.94. The lowest BCUT2D eigenvalue weighted by Crippen LogP contribution is -2.17. The molecule has 0 saturated heterocycles. The summed E-state index contributed by atoms with van der Waals surface area (Å²) in [6.45, 7) is 2.83. The van der Waals surface area contributed by atoms with Crippen molar-refractivity contribution in [3.63, 3.8) is 0 Å². The molecule has 19 heavy (non-hydrogen) atoms. The minimum atomic E-state index is 0.209. The van der Waals surface area contributed by atoms with Crippen LogP contribution in [0.4, 0.5) is 0 Å². The number of thiophene rings is 1. The Morgan fingerprint density at radius 3 is 2.42 bits per heavy atom. The third-order valence-corrected chi connectivity index (χ3v) is 3.84.